The zero-order chi connectivity index (χ0) is 22.4. The molecule has 0 aliphatic rings. The van der Waals surface area contributed by atoms with E-state index in [9.17, 15) is 4.79 Å². The summed E-state index contributed by atoms with van der Waals surface area (Å²) < 4.78 is 28.8. The normalized spacial score (nSPS) is 11.4. The third-order valence-electron chi connectivity index (χ3n) is 3.96. The van der Waals surface area contributed by atoms with Crippen LogP contribution >= 0.6 is 0 Å². The molecule has 0 saturated carbocycles. The number of benzene rings is 1. The van der Waals surface area contributed by atoms with E-state index < -0.39 is 5.60 Å². The Bertz CT molecular complexity index is 1040. The van der Waals surface area contributed by atoms with Gasteiger partial charge in [-0.15, -0.1) is 0 Å². The lowest BCUT2D eigenvalue weighted by Crippen LogP contribution is -2.26. The average Bonchev–Trinajstić information content (AvgIpc) is 3.13. The molecule has 2 aromatic heterocycles. The fourth-order valence-electron chi connectivity index (χ4n) is 2.73. The molecule has 0 bridgehead atoms. The largest absolute Gasteiger partial charge is 0.493 e. The molecule has 166 valence electrons. The van der Waals surface area contributed by atoms with Crippen molar-refractivity contribution in [1.29, 1.82) is 0 Å². The van der Waals surface area contributed by atoms with E-state index in [1.807, 2.05) is 20.8 Å². The van der Waals surface area contributed by atoms with Gasteiger partial charge in [0.15, 0.2) is 17.2 Å². The van der Waals surface area contributed by atoms with Crippen LogP contribution in [-0.4, -0.2) is 58.8 Å². The molecule has 3 rings (SSSR count). The van der Waals surface area contributed by atoms with Crippen LogP contribution in [0.25, 0.3) is 10.9 Å². The highest BCUT2D eigenvalue weighted by molar-refractivity contribution is 5.87. The topological polar surface area (TPSA) is 107 Å². The van der Waals surface area contributed by atoms with Crippen molar-refractivity contribution in [3.05, 3.63) is 30.9 Å². The molecule has 3 aromatic rings. The van der Waals surface area contributed by atoms with Gasteiger partial charge in [0.25, 0.3) is 0 Å². The van der Waals surface area contributed by atoms with Crippen molar-refractivity contribution in [2.45, 2.75) is 32.9 Å². The van der Waals surface area contributed by atoms with Crippen LogP contribution in [0.2, 0.25) is 0 Å². The molecule has 0 amide bonds. The van der Waals surface area contributed by atoms with Gasteiger partial charge in [0, 0.05) is 13.2 Å². The molecule has 31 heavy (non-hydrogen) atoms. The smallest absolute Gasteiger partial charge is 0.328 e. The van der Waals surface area contributed by atoms with Crippen LogP contribution in [-0.2, 0) is 20.8 Å². The second-order valence-corrected chi connectivity index (χ2v) is 7.60. The molecule has 0 aliphatic carbocycles. The quantitative estimate of drug-likeness (QED) is 0.374. The lowest BCUT2D eigenvalue weighted by atomic mass is 10.2. The maximum Gasteiger partial charge on any atom is 0.328 e. The van der Waals surface area contributed by atoms with E-state index in [-0.39, 0.29) is 12.5 Å². The first-order chi connectivity index (χ1) is 14.8. The summed E-state index contributed by atoms with van der Waals surface area (Å²) in [4.78, 5) is 20.5. The number of hydrogen-bond acceptors (Lipinski definition) is 9. The van der Waals surface area contributed by atoms with Crippen LogP contribution in [0.4, 0.5) is 0 Å². The summed E-state index contributed by atoms with van der Waals surface area (Å²) in [6, 6.07) is 3.50. The first-order valence-electron chi connectivity index (χ1n) is 9.65. The second-order valence-electron chi connectivity index (χ2n) is 7.60. The minimum atomic E-state index is -0.561. The third-order valence-corrected chi connectivity index (χ3v) is 3.96. The van der Waals surface area contributed by atoms with Gasteiger partial charge >= 0.3 is 5.97 Å². The molecule has 0 saturated heterocycles. The minimum absolute atomic E-state index is 0.0266. The molecule has 0 unspecified atom stereocenters. The maximum absolute atomic E-state index is 12.0. The summed E-state index contributed by atoms with van der Waals surface area (Å²) in [5, 5.41) is 4.78. The highest BCUT2D eigenvalue weighted by Crippen LogP contribution is 2.35. The standard InChI is InChI=1S/C21H26N4O6/c1-21(2,3)31-19(26)12-25-11-14(10-24-25)30-20-15-8-17(28-5)18(29-7-6-27-4)9-16(15)22-13-23-20/h8-11,13H,6-7,12H2,1-5H3. The number of carbonyl (C=O) groups is 1. The van der Waals surface area contributed by atoms with Crippen LogP contribution in [0.1, 0.15) is 20.8 Å². The number of rotatable bonds is 9. The molecule has 0 radical (unpaired) electrons. The van der Waals surface area contributed by atoms with E-state index in [1.165, 1.54) is 17.2 Å². The second kappa shape index (κ2) is 9.61. The van der Waals surface area contributed by atoms with Gasteiger partial charge < -0.3 is 23.7 Å². The summed E-state index contributed by atoms with van der Waals surface area (Å²) >= 11 is 0. The average molecular weight is 430 g/mol. The van der Waals surface area contributed by atoms with Gasteiger partial charge in [0.2, 0.25) is 5.88 Å². The molecule has 2 heterocycles. The van der Waals surface area contributed by atoms with Gasteiger partial charge in [-0.05, 0) is 26.8 Å². The number of nitrogens with zero attached hydrogens (tertiary/aromatic N) is 4. The van der Waals surface area contributed by atoms with Crippen LogP contribution in [0.15, 0.2) is 30.9 Å². The maximum atomic E-state index is 12.0. The number of esters is 1. The predicted molar refractivity (Wildman–Crippen MR) is 112 cm³/mol. The Kier molecular flexibility index (Phi) is 6.91. The Hall–Kier alpha value is -3.40. The summed E-state index contributed by atoms with van der Waals surface area (Å²) in [5.41, 5.74) is 0.0635. The van der Waals surface area contributed by atoms with E-state index in [0.717, 1.165) is 0 Å². The molecule has 0 fully saturated rings. The molecular weight excluding hydrogens is 404 g/mol. The number of aromatic nitrogens is 4. The van der Waals surface area contributed by atoms with Crippen LogP contribution in [0, 0.1) is 0 Å². The molecule has 0 atom stereocenters. The van der Waals surface area contributed by atoms with Gasteiger partial charge in [0.1, 0.15) is 25.1 Å². The highest BCUT2D eigenvalue weighted by atomic mass is 16.6. The summed E-state index contributed by atoms with van der Waals surface area (Å²) in [7, 11) is 3.16. The molecule has 10 nitrogen and oxygen atoms in total. The number of methoxy groups -OCH3 is 2. The van der Waals surface area contributed by atoms with Gasteiger partial charge in [-0.25, -0.2) is 9.97 Å². The van der Waals surface area contributed by atoms with Crippen molar-refractivity contribution < 1.29 is 28.5 Å². The summed E-state index contributed by atoms with van der Waals surface area (Å²) in [5.74, 6) is 1.41. The van der Waals surface area contributed by atoms with E-state index >= 15 is 0 Å². The molecule has 0 aliphatic heterocycles. The fourth-order valence-corrected chi connectivity index (χ4v) is 2.73. The molecule has 0 spiro atoms. The predicted octanol–water partition coefficient (Wildman–Crippen LogP) is 2.99. The van der Waals surface area contributed by atoms with Crippen molar-refractivity contribution >= 4 is 16.9 Å². The molecule has 10 heteroatoms. The van der Waals surface area contributed by atoms with Crippen molar-refractivity contribution in [3.63, 3.8) is 0 Å². The molecule has 0 N–H and O–H groups in total. The van der Waals surface area contributed by atoms with Crippen LogP contribution in [0.5, 0.6) is 23.1 Å². The fraction of sp³-hybridized carbons (Fsp3) is 0.429. The van der Waals surface area contributed by atoms with Gasteiger partial charge in [-0.2, -0.15) is 5.10 Å². The Morgan fingerprint density at radius 1 is 1.10 bits per heavy atom. The van der Waals surface area contributed by atoms with Crippen molar-refractivity contribution in [3.8, 4) is 23.1 Å². The highest BCUT2D eigenvalue weighted by Gasteiger charge is 2.18. The Balaban J connectivity index is 1.79. The summed E-state index contributed by atoms with van der Waals surface area (Å²) in [6.07, 6.45) is 4.49. The lowest BCUT2D eigenvalue weighted by molar-refractivity contribution is -0.155. The van der Waals surface area contributed by atoms with Gasteiger partial charge in [-0.1, -0.05) is 0 Å². The van der Waals surface area contributed by atoms with E-state index in [2.05, 4.69) is 15.1 Å². The minimum Gasteiger partial charge on any atom is -0.493 e. The van der Waals surface area contributed by atoms with Gasteiger partial charge in [0.05, 0.1) is 37.0 Å². The number of hydrogen-bond donors (Lipinski definition) is 0. The molecular formula is C21H26N4O6. The van der Waals surface area contributed by atoms with Crippen molar-refractivity contribution in [2.75, 3.05) is 27.4 Å². The third kappa shape index (κ3) is 6.05. The summed E-state index contributed by atoms with van der Waals surface area (Å²) in [6.45, 7) is 6.23. The van der Waals surface area contributed by atoms with E-state index in [1.54, 1.807) is 32.5 Å². The molecule has 1 aromatic carbocycles. The lowest BCUT2D eigenvalue weighted by Gasteiger charge is -2.19. The Morgan fingerprint density at radius 3 is 2.61 bits per heavy atom. The monoisotopic (exact) mass is 430 g/mol. The number of carbonyl (C=O) groups excluding carboxylic acids is 1. The van der Waals surface area contributed by atoms with Gasteiger partial charge in [-0.3, -0.25) is 9.48 Å². The van der Waals surface area contributed by atoms with E-state index in [0.29, 0.717) is 47.2 Å². The van der Waals surface area contributed by atoms with Crippen molar-refractivity contribution in [2.24, 2.45) is 0 Å². The first-order valence-corrected chi connectivity index (χ1v) is 9.65. The SMILES string of the molecule is COCCOc1cc2ncnc(Oc3cnn(CC(=O)OC(C)(C)C)c3)c2cc1OC. The van der Waals surface area contributed by atoms with E-state index in [4.69, 9.17) is 23.7 Å². The number of ether oxygens (including phenoxy) is 5. The Morgan fingerprint density at radius 2 is 1.90 bits per heavy atom. The first kappa shape index (κ1) is 22.3. The van der Waals surface area contributed by atoms with Crippen LogP contribution < -0.4 is 14.2 Å². The number of fused-ring (bicyclic) bond motifs is 1. The zero-order valence-corrected chi connectivity index (χ0v) is 18.2. The van der Waals surface area contributed by atoms with Crippen LogP contribution in [0.3, 0.4) is 0 Å². The Labute approximate surface area is 180 Å². The zero-order valence-electron chi connectivity index (χ0n) is 18.2. The van der Waals surface area contributed by atoms with Crippen molar-refractivity contribution in [1.82, 2.24) is 19.7 Å².